The molecule has 0 saturated carbocycles. The molecule has 0 saturated heterocycles. The third kappa shape index (κ3) is 4.65. The monoisotopic (exact) mass is 461 g/mol. The van der Waals surface area contributed by atoms with Gasteiger partial charge in [-0.3, -0.25) is 0 Å². The van der Waals surface area contributed by atoms with Crippen molar-refractivity contribution in [3.8, 4) is 0 Å². The first-order chi connectivity index (χ1) is 11.2. The summed E-state index contributed by atoms with van der Waals surface area (Å²) in [5.74, 6) is 1.92. The lowest BCUT2D eigenvalue weighted by Gasteiger charge is -2.25. The molecule has 2 N–H and O–H groups in total. The second kappa shape index (κ2) is 8.75. The number of rotatable bonds is 4. The number of nitrogens with zero attached hydrogens (tertiary/aromatic N) is 5. The van der Waals surface area contributed by atoms with Crippen molar-refractivity contribution in [3.63, 3.8) is 0 Å². The molecule has 24 heavy (non-hydrogen) atoms. The molecule has 1 atom stereocenters. The van der Waals surface area contributed by atoms with Gasteiger partial charge in [0, 0.05) is 23.9 Å². The SMILES string of the molecule is CCNC(=NCc1sc(C)nc1C)NC1CCc2ncnn2C1.I. The average molecular weight is 461 g/mol. The van der Waals surface area contributed by atoms with Crippen LogP contribution in [0.1, 0.15) is 34.7 Å². The molecule has 2 aromatic heterocycles. The molecule has 0 amide bonds. The van der Waals surface area contributed by atoms with Crippen LogP contribution < -0.4 is 10.6 Å². The minimum atomic E-state index is 0. The molecule has 1 aliphatic heterocycles. The van der Waals surface area contributed by atoms with Crippen LogP contribution in [0.25, 0.3) is 0 Å². The molecule has 0 aromatic carbocycles. The predicted octanol–water partition coefficient (Wildman–Crippen LogP) is 2.04. The van der Waals surface area contributed by atoms with E-state index in [4.69, 9.17) is 4.99 Å². The van der Waals surface area contributed by atoms with Gasteiger partial charge in [0.05, 0.1) is 23.8 Å². The largest absolute Gasteiger partial charge is 0.357 e. The smallest absolute Gasteiger partial charge is 0.191 e. The minimum Gasteiger partial charge on any atom is -0.357 e. The van der Waals surface area contributed by atoms with Crippen LogP contribution in [0.4, 0.5) is 0 Å². The Kier molecular flexibility index (Phi) is 6.96. The summed E-state index contributed by atoms with van der Waals surface area (Å²) in [5, 5.41) is 12.2. The number of hydrogen-bond donors (Lipinski definition) is 2. The van der Waals surface area contributed by atoms with Crippen molar-refractivity contribution in [1.29, 1.82) is 0 Å². The highest BCUT2D eigenvalue weighted by molar-refractivity contribution is 14.0. The zero-order valence-corrected chi connectivity index (χ0v) is 17.4. The van der Waals surface area contributed by atoms with Gasteiger partial charge in [-0.1, -0.05) is 0 Å². The molecule has 0 radical (unpaired) electrons. The van der Waals surface area contributed by atoms with E-state index in [2.05, 4.69) is 32.6 Å². The second-order valence-corrected chi connectivity index (χ2v) is 6.96. The van der Waals surface area contributed by atoms with E-state index in [0.29, 0.717) is 12.6 Å². The molecule has 3 rings (SSSR count). The summed E-state index contributed by atoms with van der Waals surface area (Å²) in [6.45, 7) is 8.49. The second-order valence-electron chi connectivity index (χ2n) is 5.67. The Morgan fingerprint density at radius 1 is 1.46 bits per heavy atom. The van der Waals surface area contributed by atoms with Crippen LogP contribution in [0.15, 0.2) is 11.3 Å². The van der Waals surface area contributed by atoms with Crippen LogP contribution in [0.5, 0.6) is 0 Å². The number of nitrogens with one attached hydrogen (secondary N) is 2. The molecule has 7 nitrogen and oxygen atoms in total. The van der Waals surface area contributed by atoms with Crippen molar-refractivity contribution in [2.45, 2.75) is 52.7 Å². The molecule has 1 aliphatic rings. The summed E-state index contributed by atoms with van der Waals surface area (Å²) < 4.78 is 1.97. The molecular formula is C15H24IN7S. The molecule has 0 aliphatic carbocycles. The van der Waals surface area contributed by atoms with Gasteiger partial charge in [-0.15, -0.1) is 35.3 Å². The average Bonchev–Trinajstić information content (AvgIpc) is 3.10. The maximum Gasteiger partial charge on any atom is 0.191 e. The van der Waals surface area contributed by atoms with Crippen molar-refractivity contribution >= 4 is 41.3 Å². The highest BCUT2D eigenvalue weighted by Gasteiger charge is 2.20. The normalized spacial score (nSPS) is 17.1. The zero-order valence-electron chi connectivity index (χ0n) is 14.2. The maximum absolute atomic E-state index is 4.72. The van der Waals surface area contributed by atoms with Gasteiger partial charge in [-0.05, 0) is 27.2 Å². The van der Waals surface area contributed by atoms with Crippen LogP contribution in [0.3, 0.4) is 0 Å². The van der Waals surface area contributed by atoms with Crippen molar-refractivity contribution in [2.75, 3.05) is 6.54 Å². The summed E-state index contributed by atoms with van der Waals surface area (Å²) in [6, 6.07) is 0.325. The minimum absolute atomic E-state index is 0. The van der Waals surface area contributed by atoms with Crippen molar-refractivity contribution in [1.82, 2.24) is 30.4 Å². The molecule has 0 bridgehead atoms. The number of aliphatic imine (C=N–C) groups is 1. The molecule has 132 valence electrons. The topological polar surface area (TPSA) is 80.0 Å². The quantitative estimate of drug-likeness (QED) is 0.414. The molecule has 2 aromatic rings. The highest BCUT2D eigenvalue weighted by Crippen LogP contribution is 2.18. The first-order valence-electron chi connectivity index (χ1n) is 8.00. The summed E-state index contributed by atoms with van der Waals surface area (Å²) in [5.41, 5.74) is 1.08. The van der Waals surface area contributed by atoms with E-state index in [1.807, 2.05) is 18.5 Å². The van der Waals surface area contributed by atoms with E-state index < -0.39 is 0 Å². The van der Waals surface area contributed by atoms with Crippen LogP contribution in [0.2, 0.25) is 0 Å². The van der Waals surface area contributed by atoms with Gasteiger partial charge in [-0.2, -0.15) is 5.10 Å². The number of guanidine groups is 1. The van der Waals surface area contributed by atoms with E-state index in [9.17, 15) is 0 Å². The molecule has 9 heteroatoms. The Bertz CT molecular complexity index is 694. The Hall–Kier alpha value is -1.23. The molecule has 3 heterocycles. The fraction of sp³-hybridized carbons (Fsp3) is 0.600. The molecule has 0 fully saturated rings. The van der Waals surface area contributed by atoms with Gasteiger partial charge in [0.15, 0.2) is 5.96 Å². The van der Waals surface area contributed by atoms with Crippen LogP contribution in [-0.2, 0) is 19.5 Å². The maximum atomic E-state index is 4.72. The van der Waals surface area contributed by atoms with Crippen molar-refractivity contribution in [3.05, 3.63) is 27.7 Å². The van der Waals surface area contributed by atoms with Gasteiger partial charge < -0.3 is 10.6 Å². The lowest BCUT2D eigenvalue weighted by Crippen LogP contribution is -2.47. The van der Waals surface area contributed by atoms with Gasteiger partial charge in [0.1, 0.15) is 12.2 Å². The number of hydrogen-bond acceptors (Lipinski definition) is 5. The van der Waals surface area contributed by atoms with Gasteiger partial charge >= 0.3 is 0 Å². The van der Waals surface area contributed by atoms with E-state index >= 15 is 0 Å². The van der Waals surface area contributed by atoms with E-state index in [0.717, 1.165) is 48.4 Å². The fourth-order valence-corrected chi connectivity index (χ4v) is 3.60. The molecule has 1 unspecified atom stereocenters. The molecule has 0 spiro atoms. The number of aromatic nitrogens is 4. The lowest BCUT2D eigenvalue weighted by atomic mass is 10.1. The lowest BCUT2D eigenvalue weighted by molar-refractivity contribution is 0.393. The number of fused-ring (bicyclic) bond motifs is 1. The first kappa shape index (κ1) is 19.1. The van der Waals surface area contributed by atoms with Crippen LogP contribution in [0, 0.1) is 13.8 Å². The third-order valence-electron chi connectivity index (χ3n) is 3.87. The Morgan fingerprint density at radius 2 is 2.29 bits per heavy atom. The summed E-state index contributed by atoms with van der Waals surface area (Å²) in [7, 11) is 0. The van der Waals surface area contributed by atoms with Gasteiger partial charge in [0.2, 0.25) is 0 Å². The standard InChI is InChI=1S/C15H23N7S.HI/c1-4-16-15(17-7-13-10(2)20-11(3)23-13)21-12-5-6-14-18-9-19-22(14)8-12;/h9,12H,4-8H2,1-3H3,(H2,16,17,21);1H. The van der Waals surface area contributed by atoms with Crippen molar-refractivity contribution < 1.29 is 0 Å². The fourth-order valence-electron chi connectivity index (χ4n) is 2.74. The summed E-state index contributed by atoms with van der Waals surface area (Å²) >= 11 is 1.72. The van der Waals surface area contributed by atoms with Crippen LogP contribution in [-0.4, -0.2) is 38.3 Å². The van der Waals surface area contributed by atoms with E-state index in [-0.39, 0.29) is 24.0 Å². The highest BCUT2D eigenvalue weighted by atomic mass is 127. The molecular weight excluding hydrogens is 437 g/mol. The number of aryl methyl sites for hydroxylation is 3. The predicted molar refractivity (Wildman–Crippen MR) is 107 cm³/mol. The third-order valence-corrected chi connectivity index (χ3v) is 4.93. The van der Waals surface area contributed by atoms with Gasteiger partial charge in [0.25, 0.3) is 0 Å². The first-order valence-corrected chi connectivity index (χ1v) is 8.81. The Labute approximate surface area is 163 Å². The van der Waals surface area contributed by atoms with E-state index in [1.165, 1.54) is 4.88 Å². The number of halogens is 1. The van der Waals surface area contributed by atoms with Crippen molar-refractivity contribution in [2.24, 2.45) is 4.99 Å². The zero-order chi connectivity index (χ0) is 16.2. The summed E-state index contributed by atoms with van der Waals surface area (Å²) in [6.07, 6.45) is 3.62. The van der Waals surface area contributed by atoms with Gasteiger partial charge in [-0.25, -0.2) is 19.6 Å². The van der Waals surface area contributed by atoms with Crippen LogP contribution >= 0.6 is 35.3 Å². The number of thiazole rings is 1. The van der Waals surface area contributed by atoms with E-state index in [1.54, 1.807) is 17.7 Å². The Balaban J connectivity index is 0.00000208. The summed E-state index contributed by atoms with van der Waals surface area (Å²) in [4.78, 5) is 14.7. The Morgan fingerprint density at radius 3 is 3.00 bits per heavy atom.